The van der Waals surface area contributed by atoms with E-state index in [4.69, 9.17) is 4.74 Å². The molecule has 1 aliphatic carbocycles. The first-order valence-electron chi connectivity index (χ1n) is 6.48. The van der Waals surface area contributed by atoms with E-state index in [1.54, 1.807) is 7.11 Å². The Morgan fingerprint density at radius 1 is 1.33 bits per heavy atom. The molecule has 0 heterocycles. The molecule has 0 unspecified atom stereocenters. The molecule has 0 aromatic heterocycles. The molecule has 1 saturated carbocycles. The van der Waals surface area contributed by atoms with Gasteiger partial charge in [-0.1, -0.05) is 0 Å². The number of hydrogen-bond donors (Lipinski definition) is 3. The van der Waals surface area contributed by atoms with Crippen LogP contribution in [0.1, 0.15) is 32.6 Å². The number of aliphatic hydroxyl groups is 1. The fourth-order valence-corrected chi connectivity index (χ4v) is 1.98. The Kier molecular flexibility index (Phi) is 10.8. The SMILES string of the molecule is CCNC(=NCCOC)NC1CCC(O)CC1.I. The molecule has 0 aromatic carbocycles. The summed E-state index contributed by atoms with van der Waals surface area (Å²) in [4.78, 5) is 4.42. The van der Waals surface area contributed by atoms with E-state index in [0.29, 0.717) is 19.2 Å². The number of nitrogens with one attached hydrogen (secondary N) is 2. The molecule has 1 fully saturated rings. The first kappa shape index (κ1) is 17.9. The van der Waals surface area contributed by atoms with Crippen LogP contribution in [-0.2, 0) is 4.74 Å². The topological polar surface area (TPSA) is 65.9 Å². The van der Waals surface area contributed by atoms with E-state index in [1.807, 2.05) is 0 Å². The molecular weight excluding hydrogens is 345 g/mol. The maximum absolute atomic E-state index is 9.45. The second-order valence-corrected chi connectivity index (χ2v) is 4.40. The largest absolute Gasteiger partial charge is 0.393 e. The number of halogens is 1. The van der Waals surface area contributed by atoms with Gasteiger partial charge in [-0.2, -0.15) is 0 Å². The number of nitrogens with zero attached hydrogens (tertiary/aromatic N) is 1. The van der Waals surface area contributed by atoms with Gasteiger partial charge < -0.3 is 20.5 Å². The molecule has 0 aromatic rings. The molecule has 0 atom stereocenters. The van der Waals surface area contributed by atoms with Crippen LogP contribution in [0.3, 0.4) is 0 Å². The highest BCUT2D eigenvalue weighted by molar-refractivity contribution is 14.0. The van der Waals surface area contributed by atoms with Crippen LogP contribution >= 0.6 is 24.0 Å². The average Bonchev–Trinajstić information content (AvgIpc) is 2.32. The molecule has 1 rings (SSSR count). The highest BCUT2D eigenvalue weighted by Crippen LogP contribution is 2.17. The van der Waals surface area contributed by atoms with Gasteiger partial charge in [0.15, 0.2) is 5.96 Å². The first-order valence-corrected chi connectivity index (χ1v) is 6.48. The minimum absolute atomic E-state index is 0. The Hall–Kier alpha value is -0.0800. The van der Waals surface area contributed by atoms with E-state index in [2.05, 4.69) is 22.5 Å². The number of hydrogen-bond acceptors (Lipinski definition) is 3. The number of ether oxygens (including phenoxy) is 1. The minimum Gasteiger partial charge on any atom is -0.393 e. The van der Waals surface area contributed by atoms with Crippen molar-refractivity contribution in [1.82, 2.24) is 10.6 Å². The molecule has 0 radical (unpaired) electrons. The number of methoxy groups -OCH3 is 1. The van der Waals surface area contributed by atoms with Crippen molar-refractivity contribution in [2.24, 2.45) is 4.99 Å². The monoisotopic (exact) mass is 371 g/mol. The maximum atomic E-state index is 9.45. The van der Waals surface area contributed by atoms with E-state index in [0.717, 1.165) is 38.2 Å². The Morgan fingerprint density at radius 3 is 2.56 bits per heavy atom. The molecule has 1 aliphatic rings. The summed E-state index contributed by atoms with van der Waals surface area (Å²) in [6.45, 7) is 4.22. The highest BCUT2D eigenvalue weighted by atomic mass is 127. The van der Waals surface area contributed by atoms with Gasteiger partial charge in [0.1, 0.15) is 0 Å². The van der Waals surface area contributed by atoms with Crippen molar-refractivity contribution >= 4 is 29.9 Å². The quantitative estimate of drug-likeness (QED) is 0.293. The molecule has 0 saturated heterocycles. The summed E-state index contributed by atoms with van der Waals surface area (Å²) in [5, 5.41) is 16.1. The Bertz CT molecular complexity index is 231. The summed E-state index contributed by atoms with van der Waals surface area (Å²) in [6, 6.07) is 0.429. The normalized spacial score (nSPS) is 24.3. The van der Waals surface area contributed by atoms with Gasteiger partial charge in [0.05, 0.1) is 19.3 Å². The smallest absolute Gasteiger partial charge is 0.191 e. The van der Waals surface area contributed by atoms with E-state index in [9.17, 15) is 5.11 Å². The summed E-state index contributed by atoms with van der Waals surface area (Å²) in [5.41, 5.74) is 0. The third-order valence-corrected chi connectivity index (χ3v) is 2.95. The fourth-order valence-electron chi connectivity index (χ4n) is 1.98. The predicted octanol–water partition coefficient (Wildman–Crippen LogP) is 1.11. The molecule has 5 nitrogen and oxygen atoms in total. The van der Waals surface area contributed by atoms with Crippen molar-refractivity contribution in [2.75, 3.05) is 26.8 Å². The van der Waals surface area contributed by atoms with Crippen molar-refractivity contribution < 1.29 is 9.84 Å². The fraction of sp³-hybridized carbons (Fsp3) is 0.917. The second-order valence-electron chi connectivity index (χ2n) is 4.40. The molecule has 0 bridgehead atoms. The zero-order valence-corrected chi connectivity index (χ0v) is 13.6. The third kappa shape index (κ3) is 7.38. The summed E-state index contributed by atoms with van der Waals surface area (Å²) in [6.07, 6.45) is 3.68. The zero-order chi connectivity index (χ0) is 12.5. The van der Waals surface area contributed by atoms with Crippen LogP contribution in [-0.4, -0.2) is 50.0 Å². The van der Waals surface area contributed by atoms with Gasteiger partial charge in [-0.3, -0.25) is 4.99 Å². The summed E-state index contributed by atoms with van der Waals surface area (Å²) in [7, 11) is 1.68. The van der Waals surface area contributed by atoms with Crippen molar-refractivity contribution in [3.8, 4) is 0 Å². The van der Waals surface area contributed by atoms with Gasteiger partial charge in [0, 0.05) is 19.7 Å². The lowest BCUT2D eigenvalue weighted by molar-refractivity contribution is 0.120. The number of aliphatic hydroxyl groups excluding tert-OH is 1. The lowest BCUT2D eigenvalue weighted by Crippen LogP contribution is -2.45. The molecular formula is C12H26IN3O2. The Morgan fingerprint density at radius 2 is 2.00 bits per heavy atom. The molecule has 0 aliphatic heterocycles. The average molecular weight is 371 g/mol. The summed E-state index contributed by atoms with van der Waals surface area (Å²) in [5.74, 6) is 0.853. The van der Waals surface area contributed by atoms with Crippen molar-refractivity contribution in [1.29, 1.82) is 0 Å². The standard InChI is InChI=1S/C12H25N3O2.HI/c1-3-13-12(14-8-9-17-2)15-10-4-6-11(16)7-5-10;/h10-11,16H,3-9H2,1-2H3,(H2,13,14,15);1H. The van der Waals surface area contributed by atoms with Crippen molar-refractivity contribution in [2.45, 2.75) is 44.8 Å². The van der Waals surface area contributed by atoms with Gasteiger partial charge in [-0.25, -0.2) is 0 Å². The van der Waals surface area contributed by atoms with Gasteiger partial charge in [0.2, 0.25) is 0 Å². The molecule has 18 heavy (non-hydrogen) atoms. The molecule has 108 valence electrons. The first-order chi connectivity index (χ1) is 8.26. The van der Waals surface area contributed by atoms with Crippen LogP contribution in [0.5, 0.6) is 0 Å². The molecule has 0 amide bonds. The van der Waals surface area contributed by atoms with Gasteiger partial charge in [-0.15, -0.1) is 24.0 Å². The number of guanidine groups is 1. The minimum atomic E-state index is -0.110. The maximum Gasteiger partial charge on any atom is 0.191 e. The van der Waals surface area contributed by atoms with E-state index < -0.39 is 0 Å². The van der Waals surface area contributed by atoms with Crippen LogP contribution in [0.25, 0.3) is 0 Å². The van der Waals surface area contributed by atoms with Crippen LogP contribution in [0.4, 0.5) is 0 Å². The second kappa shape index (κ2) is 10.8. The van der Waals surface area contributed by atoms with Gasteiger partial charge in [0.25, 0.3) is 0 Å². The van der Waals surface area contributed by atoms with Crippen LogP contribution in [0.2, 0.25) is 0 Å². The summed E-state index contributed by atoms with van der Waals surface area (Å²) >= 11 is 0. The molecule has 3 N–H and O–H groups in total. The van der Waals surface area contributed by atoms with Crippen LogP contribution < -0.4 is 10.6 Å². The van der Waals surface area contributed by atoms with E-state index >= 15 is 0 Å². The zero-order valence-electron chi connectivity index (χ0n) is 11.3. The Balaban J connectivity index is 0.00000289. The van der Waals surface area contributed by atoms with Crippen molar-refractivity contribution in [3.05, 3.63) is 0 Å². The van der Waals surface area contributed by atoms with Crippen LogP contribution in [0, 0.1) is 0 Å². The lowest BCUT2D eigenvalue weighted by atomic mass is 9.93. The predicted molar refractivity (Wildman–Crippen MR) is 84.7 cm³/mol. The van der Waals surface area contributed by atoms with E-state index in [-0.39, 0.29) is 30.1 Å². The van der Waals surface area contributed by atoms with Gasteiger partial charge in [-0.05, 0) is 32.6 Å². The highest BCUT2D eigenvalue weighted by Gasteiger charge is 2.19. The van der Waals surface area contributed by atoms with Gasteiger partial charge >= 0.3 is 0 Å². The molecule has 0 spiro atoms. The molecule has 6 heteroatoms. The third-order valence-electron chi connectivity index (χ3n) is 2.95. The van der Waals surface area contributed by atoms with E-state index in [1.165, 1.54) is 0 Å². The van der Waals surface area contributed by atoms with Crippen molar-refractivity contribution in [3.63, 3.8) is 0 Å². The summed E-state index contributed by atoms with van der Waals surface area (Å²) < 4.78 is 4.98. The number of rotatable bonds is 5. The lowest BCUT2D eigenvalue weighted by Gasteiger charge is -2.27. The number of aliphatic imine (C=N–C) groups is 1. The van der Waals surface area contributed by atoms with Crippen LogP contribution in [0.15, 0.2) is 4.99 Å². The Labute approximate surface area is 127 Å².